The van der Waals surface area contributed by atoms with E-state index in [1.54, 1.807) is 0 Å². The SMILES string of the molecule is O=[N+]([O-])c1cc(Cl)cc(C2CC2)c1I. The van der Waals surface area contributed by atoms with Crippen molar-refractivity contribution in [1.82, 2.24) is 0 Å². The second kappa shape index (κ2) is 3.66. The molecule has 0 atom stereocenters. The molecule has 1 aliphatic rings. The quantitative estimate of drug-likeness (QED) is 0.473. The highest BCUT2D eigenvalue weighted by atomic mass is 127. The van der Waals surface area contributed by atoms with Gasteiger partial charge in [-0.15, -0.1) is 0 Å². The summed E-state index contributed by atoms with van der Waals surface area (Å²) in [5.41, 5.74) is 1.16. The lowest BCUT2D eigenvalue weighted by molar-refractivity contribution is -0.385. The van der Waals surface area contributed by atoms with Gasteiger partial charge in [0.15, 0.2) is 0 Å². The Labute approximate surface area is 99.7 Å². The Morgan fingerprint density at radius 2 is 2.14 bits per heavy atom. The van der Waals surface area contributed by atoms with E-state index in [4.69, 9.17) is 11.6 Å². The Kier molecular flexibility index (Phi) is 2.66. The minimum atomic E-state index is -0.375. The molecule has 0 unspecified atom stereocenters. The summed E-state index contributed by atoms with van der Waals surface area (Å²) in [7, 11) is 0. The summed E-state index contributed by atoms with van der Waals surface area (Å²) in [6.45, 7) is 0. The van der Waals surface area contributed by atoms with Crippen LogP contribution in [0.1, 0.15) is 24.3 Å². The fourth-order valence-electron chi connectivity index (χ4n) is 1.42. The van der Waals surface area contributed by atoms with E-state index in [9.17, 15) is 10.1 Å². The van der Waals surface area contributed by atoms with Gasteiger partial charge in [0.1, 0.15) is 0 Å². The van der Waals surface area contributed by atoms with Crippen molar-refractivity contribution < 1.29 is 4.92 Å². The molecule has 0 amide bonds. The molecular weight excluding hydrogens is 316 g/mol. The van der Waals surface area contributed by atoms with E-state index in [1.165, 1.54) is 6.07 Å². The fraction of sp³-hybridized carbons (Fsp3) is 0.333. The van der Waals surface area contributed by atoms with Crippen LogP contribution in [-0.2, 0) is 0 Å². The summed E-state index contributed by atoms with van der Waals surface area (Å²) in [4.78, 5) is 10.3. The predicted octanol–water partition coefficient (Wildman–Crippen LogP) is 3.73. The summed E-state index contributed by atoms with van der Waals surface area (Å²) in [6.07, 6.45) is 2.24. The minimum absolute atomic E-state index is 0.125. The Bertz CT molecular complexity index is 404. The van der Waals surface area contributed by atoms with Crippen molar-refractivity contribution in [1.29, 1.82) is 0 Å². The molecule has 0 spiro atoms. The highest BCUT2D eigenvalue weighted by Crippen LogP contribution is 2.45. The molecule has 2 rings (SSSR count). The van der Waals surface area contributed by atoms with Crippen LogP contribution in [0.5, 0.6) is 0 Å². The Morgan fingerprint density at radius 3 is 2.64 bits per heavy atom. The van der Waals surface area contributed by atoms with Gasteiger partial charge in [-0.25, -0.2) is 0 Å². The standard InChI is InChI=1S/C9H7ClINO2/c10-6-3-7(5-1-2-5)9(11)8(4-6)12(13)14/h3-5H,1-2H2. The molecule has 0 saturated heterocycles. The number of nitro groups is 1. The van der Waals surface area contributed by atoms with E-state index in [1.807, 2.05) is 28.7 Å². The molecule has 14 heavy (non-hydrogen) atoms. The summed E-state index contributed by atoms with van der Waals surface area (Å²) in [5.74, 6) is 0.485. The molecule has 0 aromatic heterocycles. The maximum Gasteiger partial charge on any atom is 0.284 e. The molecule has 1 saturated carbocycles. The third-order valence-electron chi connectivity index (χ3n) is 2.26. The first-order valence-corrected chi connectivity index (χ1v) is 5.68. The molecule has 0 bridgehead atoms. The number of benzene rings is 1. The third-order valence-corrected chi connectivity index (χ3v) is 3.65. The highest BCUT2D eigenvalue weighted by Gasteiger charge is 2.29. The van der Waals surface area contributed by atoms with Crippen LogP contribution < -0.4 is 0 Å². The molecule has 1 aliphatic carbocycles. The van der Waals surface area contributed by atoms with Gasteiger partial charge in [-0.3, -0.25) is 10.1 Å². The lowest BCUT2D eigenvalue weighted by Gasteiger charge is -2.03. The zero-order chi connectivity index (χ0) is 10.3. The molecule has 1 aromatic rings. The number of rotatable bonds is 2. The molecular formula is C9H7ClINO2. The molecule has 0 aliphatic heterocycles. The van der Waals surface area contributed by atoms with Gasteiger partial charge in [0.05, 0.1) is 8.49 Å². The van der Waals surface area contributed by atoms with Gasteiger partial charge < -0.3 is 0 Å². The smallest absolute Gasteiger partial charge is 0.258 e. The van der Waals surface area contributed by atoms with E-state index in [0.29, 0.717) is 10.9 Å². The maximum atomic E-state index is 10.7. The predicted molar refractivity (Wildman–Crippen MR) is 62.8 cm³/mol. The van der Waals surface area contributed by atoms with Gasteiger partial charge in [-0.1, -0.05) is 11.6 Å². The number of hydrogen-bond acceptors (Lipinski definition) is 2. The second-order valence-electron chi connectivity index (χ2n) is 3.36. The largest absolute Gasteiger partial charge is 0.284 e. The van der Waals surface area contributed by atoms with Crippen LogP contribution in [0.25, 0.3) is 0 Å². The molecule has 0 heterocycles. The minimum Gasteiger partial charge on any atom is -0.258 e. The monoisotopic (exact) mass is 323 g/mol. The number of nitro benzene ring substituents is 1. The molecule has 74 valence electrons. The zero-order valence-corrected chi connectivity index (χ0v) is 10.1. The lowest BCUT2D eigenvalue weighted by Crippen LogP contribution is -1.95. The van der Waals surface area contributed by atoms with Crippen molar-refractivity contribution in [3.8, 4) is 0 Å². The van der Waals surface area contributed by atoms with Gasteiger partial charge >= 0.3 is 0 Å². The lowest BCUT2D eigenvalue weighted by atomic mass is 10.1. The van der Waals surface area contributed by atoms with Gasteiger partial charge in [0.25, 0.3) is 5.69 Å². The van der Waals surface area contributed by atoms with E-state index in [2.05, 4.69) is 0 Å². The summed E-state index contributed by atoms with van der Waals surface area (Å²) in [6, 6.07) is 3.25. The highest BCUT2D eigenvalue weighted by molar-refractivity contribution is 14.1. The molecule has 1 fully saturated rings. The van der Waals surface area contributed by atoms with E-state index in [0.717, 1.165) is 22.0 Å². The maximum absolute atomic E-state index is 10.7. The average molecular weight is 324 g/mol. The van der Waals surface area contributed by atoms with Gasteiger partial charge in [-0.2, -0.15) is 0 Å². The topological polar surface area (TPSA) is 43.1 Å². The van der Waals surface area contributed by atoms with Crippen LogP contribution in [-0.4, -0.2) is 4.92 Å². The fourth-order valence-corrected chi connectivity index (χ4v) is 2.59. The number of nitrogens with zero attached hydrogens (tertiary/aromatic N) is 1. The van der Waals surface area contributed by atoms with Crippen LogP contribution >= 0.6 is 34.2 Å². The van der Waals surface area contributed by atoms with Crippen molar-refractivity contribution >= 4 is 39.9 Å². The van der Waals surface area contributed by atoms with Crippen molar-refractivity contribution in [2.45, 2.75) is 18.8 Å². The van der Waals surface area contributed by atoms with Crippen LogP contribution in [0.3, 0.4) is 0 Å². The van der Waals surface area contributed by atoms with E-state index < -0.39 is 0 Å². The first-order chi connectivity index (χ1) is 6.59. The van der Waals surface area contributed by atoms with Crippen LogP contribution in [0.15, 0.2) is 12.1 Å². The second-order valence-corrected chi connectivity index (χ2v) is 4.87. The molecule has 1 aromatic carbocycles. The Balaban J connectivity index is 2.55. The molecule has 3 nitrogen and oxygen atoms in total. The normalized spacial score (nSPS) is 15.6. The van der Waals surface area contributed by atoms with Crippen molar-refractivity contribution in [2.75, 3.05) is 0 Å². The Morgan fingerprint density at radius 1 is 1.50 bits per heavy atom. The van der Waals surface area contributed by atoms with Gasteiger partial charge in [0.2, 0.25) is 0 Å². The summed E-state index contributed by atoms with van der Waals surface area (Å²) >= 11 is 7.86. The Hall–Kier alpha value is -0.360. The van der Waals surface area contributed by atoms with Gasteiger partial charge in [-0.05, 0) is 53.0 Å². The van der Waals surface area contributed by atoms with Crippen molar-refractivity contribution in [3.63, 3.8) is 0 Å². The zero-order valence-electron chi connectivity index (χ0n) is 7.17. The average Bonchev–Trinajstić information content (AvgIpc) is 2.91. The van der Waals surface area contributed by atoms with Gasteiger partial charge in [0, 0.05) is 11.1 Å². The van der Waals surface area contributed by atoms with Crippen LogP contribution in [0.4, 0.5) is 5.69 Å². The van der Waals surface area contributed by atoms with E-state index in [-0.39, 0.29) is 10.6 Å². The number of halogens is 2. The number of hydrogen-bond donors (Lipinski definition) is 0. The first-order valence-electron chi connectivity index (χ1n) is 4.23. The third kappa shape index (κ3) is 1.86. The van der Waals surface area contributed by atoms with Crippen molar-refractivity contribution in [3.05, 3.63) is 36.4 Å². The van der Waals surface area contributed by atoms with Crippen LogP contribution in [0.2, 0.25) is 5.02 Å². The van der Waals surface area contributed by atoms with Crippen LogP contribution in [0, 0.1) is 13.7 Å². The summed E-state index contributed by atoms with van der Waals surface area (Å²) < 4.78 is 0.736. The van der Waals surface area contributed by atoms with Crippen molar-refractivity contribution in [2.24, 2.45) is 0 Å². The molecule has 5 heteroatoms. The molecule has 0 radical (unpaired) electrons. The molecule has 0 N–H and O–H groups in total. The summed E-state index contributed by atoms with van der Waals surface area (Å²) in [5, 5.41) is 11.2. The first kappa shape index (κ1) is 10.2. The van der Waals surface area contributed by atoms with E-state index >= 15 is 0 Å².